The van der Waals surface area contributed by atoms with Crippen LogP contribution in [0.15, 0.2) is 12.4 Å². The van der Waals surface area contributed by atoms with E-state index >= 15 is 0 Å². The van der Waals surface area contributed by atoms with Crippen LogP contribution in [0.25, 0.3) is 0 Å². The fourth-order valence-corrected chi connectivity index (χ4v) is 1.59. The molecule has 1 saturated heterocycles. The Kier molecular flexibility index (Phi) is 1.77. The van der Waals surface area contributed by atoms with E-state index in [9.17, 15) is 0 Å². The Morgan fingerprint density at radius 2 is 2.50 bits per heavy atom. The van der Waals surface area contributed by atoms with E-state index < -0.39 is 0 Å². The molecule has 0 radical (unpaired) electrons. The van der Waals surface area contributed by atoms with Gasteiger partial charge in [-0.15, -0.1) is 0 Å². The Balaban J connectivity index is 2.11. The molecule has 1 aromatic rings. The van der Waals surface area contributed by atoms with E-state index in [-0.39, 0.29) is 0 Å². The maximum absolute atomic E-state index is 5.80. The van der Waals surface area contributed by atoms with Gasteiger partial charge >= 0.3 is 0 Å². The van der Waals surface area contributed by atoms with E-state index in [1.165, 1.54) is 5.69 Å². The molecule has 0 amide bonds. The second-order valence-corrected chi connectivity index (χ2v) is 3.37. The van der Waals surface area contributed by atoms with Crippen molar-refractivity contribution in [3.05, 3.63) is 12.4 Å². The van der Waals surface area contributed by atoms with Crippen LogP contribution in [0.5, 0.6) is 0 Å². The third kappa shape index (κ3) is 1.30. The average Bonchev–Trinajstić information content (AvgIpc) is 2.58. The van der Waals surface area contributed by atoms with Crippen LogP contribution in [0, 0.1) is 0 Å². The second-order valence-electron chi connectivity index (χ2n) is 3.37. The quantitative estimate of drug-likeness (QED) is 0.636. The SMILES string of the molecule is Cn1cc(N2CC[C@@H](N)C2)cn1. The summed E-state index contributed by atoms with van der Waals surface area (Å²) in [5, 5.41) is 4.12. The van der Waals surface area contributed by atoms with Gasteiger partial charge in [-0.05, 0) is 6.42 Å². The van der Waals surface area contributed by atoms with Gasteiger partial charge in [0.05, 0.1) is 11.9 Å². The first-order valence-corrected chi connectivity index (χ1v) is 4.25. The molecule has 1 aliphatic rings. The van der Waals surface area contributed by atoms with Crippen molar-refractivity contribution in [3.8, 4) is 0 Å². The Labute approximate surface area is 72.0 Å². The smallest absolute Gasteiger partial charge is 0.0752 e. The molecule has 0 aliphatic carbocycles. The third-order valence-corrected chi connectivity index (χ3v) is 2.28. The first-order chi connectivity index (χ1) is 5.75. The van der Waals surface area contributed by atoms with Crippen molar-refractivity contribution in [2.75, 3.05) is 18.0 Å². The van der Waals surface area contributed by atoms with Crippen LogP contribution < -0.4 is 10.6 Å². The van der Waals surface area contributed by atoms with Crippen molar-refractivity contribution in [1.29, 1.82) is 0 Å². The summed E-state index contributed by atoms with van der Waals surface area (Å²) < 4.78 is 1.82. The van der Waals surface area contributed by atoms with Crippen LogP contribution in [-0.2, 0) is 7.05 Å². The van der Waals surface area contributed by atoms with Gasteiger partial charge in [0.2, 0.25) is 0 Å². The van der Waals surface area contributed by atoms with Crippen molar-refractivity contribution < 1.29 is 0 Å². The molecule has 66 valence electrons. The minimum Gasteiger partial charge on any atom is -0.367 e. The lowest BCUT2D eigenvalue weighted by Gasteiger charge is -2.14. The van der Waals surface area contributed by atoms with Gasteiger partial charge in [-0.25, -0.2) is 0 Å². The molecule has 2 rings (SSSR count). The number of hydrogen-bond acceptors (Lipinski definition) is 3. The molecule has 4 heteroatoms. The predicted octanol–water partition coefficient (Wildman–Crippen LogP) is -0.0425. The molecule has 0 aromatic carbocycles. The Bertz CT molecular complexity index is 268. The highest BCUT2D eigenvalue weighted by Gasteiger charge is 2.19. The van der Waals surface area contributed by atoms with Gasteiger partial charge in [0.1, 0.15) is 0 Å². The van der Waals surface area contributed by atoms with Crippen molar-refractivity contribution in [2.45, 2.75) is 12.5 Å². The summed E-state index contributed by atoms with van der Waals surface area (Å²) in [5.74, 6) is 0. The zero-order chi connectivity index (χ0) is 8.55. The van der Waals surface area contributed by atoms with E-state index in [0.717, 1.165) is 19.5 Å². The molecule has 1 atom stereocenters. The van der Waals surface area contributed by atoms with E-state index in [2.05, 4.69) is 10.00 Å². The highest BCUT2D eigenvalue weighted by atomic mass is 15.3. The molecule has 1 fully saturated rings. The van der Waals surface area contributed by atoms with Crippen LogP contribution in [-0.4, -0.2) is 28.9 Å². The van der Waals surface area contributed by atoms with Crippen molar-refractivity contribution in [3.63, 3.8) is 0 Å². The van der Waals surface area contributed by atoms with E-state index in [1.807, 2.05) is 24.1 Å². The Hall–Kier alpha value is -1.03. The molecule has 0 bridgehead atoms. The zero-order valence-corrected chi connectivity index (χ0v) is 7.27. The molecule has 4 nitrogen and oxygen atoms in total. The zero-order valence-electron chi connectivity index (χ0n) is 7.27. The molecule has 2 N–H and O–H groups in total. The molecule has 0 unspecified atom stereocenters. The summed E-state index contributed by atoms with van der Waals surface area (Å²) in [4.78, 5) is 2.28. The number of nitrogens with zero attached hydrogens (tertiary/aromatic N) is 3. The molecular weight excluding hydrogens is 152 g/mol. The van der Waals surface area contributed by atoms with Gasteiger partial charge in [0.25, 0.3) is 0 Å². The molecule has 12 heavy (non-hydrogen) atoms. The molecule has 1 aliphatic heterocycles. The number of anilines is 1. The van der Waals surface area contributed by atoms with E-state index in [0.29, 0.717) is 6.04 Å². The van der Waals surface area contributed by atoms with Crippen molar-refractivity contribution in [1.82, 2.24) is 9.78 Å². The summed E-state index contributed by atoms with van der Waals surface area (Å²) in [7, 11) is 1.93. The van der Waals surface area contributed by atoms with E-state index in [1.54, 1.807) is 0 Å². The minimum atomic E-state index is 0.338. The summed E-state index contributed by atoms with van der Waals surface area (Å²) >= 11 is 0. The number of nitrogens with two attached hydrogens (primary N) is 1. The van der Waals surface area contributed by atoms with Gasteiger partial charge in [0, 0.05) is 32.4 Å². The van der Waals surface area contributed by atoms with Gasteiger partial charge in [-0.2, -0.15) is 5.10 Å². The van der Waals surface area contributed by atoms with Gasteiger partial charge < -0.3 is 10.6 Å². The lowest BCUT2D eigenvalue weighted by molar-refractivity contribution is 0.752. The third-order valence-electron chi connectivity index (χ3n) is 2.28. The first-order valence-electron chi connectivity index (χ1n) is 4.25. The second kappa shape index (κ2) is 2.79. The predicted molar refractivity (Wildman–Crippen MR) is 48.0 cm³/mol. The van der Waals surface area contributed by atoms with E-state index in [4.69, 9.17) is 5.73 Å². The number of rotatable bonds is 1. The van der Waals surface area contributed by atoms with Gasteiger partial charge in [-0.1, -0.05) is 0 Å². The fourth-order valence-electron chi connectivity index (χ4n) is 1.59. The molecule has 0 saturated carbocycles. The monoisotopic (exact) mass is 166 g/mol. The maximum atomic E-state index is 5.80. The number of aromatic nitrogens is 2. The lowest BCUT2D eigenvalue weighted by Crippen LogP contribution is -2.25. The minimum absolute atomic E-state index is 0.338. The largest absolute Gasteiger partial charge is 0.367 e. The topological polar surface area (TPSA) is 47.1 Å². The van der Waals surface area contributed by atoms with Gasteiger partial charge in [-0.3, -0.25) is 4.68 Å². The Morgan fingerprint density at radius 3 is 3.00 bits per heavy atom. The fraction of sp³-hybridized carbons (Fsp3) is 0.625. The highest BCUT2D eigenvalue weighted by molar-refractivity contribution is 5.43. The van der Waals surface area contributed by atoms with Crippen LogP contribution in [0.1, 0.15) is 6.42 Å². The first kappa shape index (κ1) is 7.61. The molecule has 1 aromatic heterocycles. The van der Waals surface area contributed by atoms with Crippen molar-refractivity contribution in [2.24, 2.45) is 12.8 Å². The van der Waals surface area contributed by atoms with Crippen molar-refractivity contribution >= 4 is 5.69 Å². The number of aryl methyl sites for hydroxylation is 1. The van der Waals surface area contributed by atoms with Gasteiger partial charge in [0.15, 0.2) is 0 Å². The Morgan fingerprint density at radius 1 is 1.67 bits per heavy atom. The normalized spacial score (nSPS) is 23.5. The van der Waals surface area contributed by atoms with Crippen LogP contribution >= 0.6 is 0 Å². The number of hydrogen-bond donors (Lipinski definition) is 1. The summed E-state index contributed by atoms with van der Waals surface area (Å²) in [5.41, 5.74) is 6.99. The molecular formula is C8H14N4. The highest BCUT2D eigenvalue weighted by Crippen LogP contribution is 2.17. The standard InChI is InChI=1S/C8H14N4/c1-11-6-8(4-10-11)12-3-2-7(9)5-12/h4,6-7H,2-3,5,9H2,1H3/t7-/m1/s1. The summed E-state index contributed by atoms with van der Waals surface area (Å²) in [6, 6.07) is 0.338. The lowest BCUT2D eigenvalue weighted by atomic mass is 10.3. The van der Waals surface area contributed by atoms with Crippen LogP contribution in [0.2, 0.25) is 0 Å². The molecule has 0 spiro atoms. The average molecular weight is 166 g/mol. The maximum Gasteiger partial charge on any atom is 0.0752 e. The summed E-state index contributed by atoms with van der Waals surface area (Å²) in [6.07, 6.45) is 5.00. The van der Waals surface area contributed by atoms with Crippen LogP contribution in [0.4, 0.5) is 5.69 Å². The van der Waals surface area contributed by atoms with Crippen LogP contribution in [0.3, 0.4) is 0 Å². The summed E-state index contributed by atoms with van der Waals surface area (Å²) in [6.45, 7) is 2.03. The molecule has 2 heterocycles.